The van der Waals surface area contributed by atoms with Gasteiger partial charge in [-0.25, -0.2) is 18.1 Å². The van der Waals surface area contributed by atoms with Crippen molar-refractivity contribution in [3.63, 3.8) is 0 Å². The first kappa shape index (κ1) is 34.2. The van der Waals surface area contributed by atoms with Crippen LogP contribution in [0.4, 0.5) is 19.1 Å². The van der Waals surface area contributed by atoms with Crippen molar-refractivity contribution in [1.29, 1.82) is 0 Å². The first-order chi connectivity index (χ1) is 21.2. The van der Waals surface area contributed by atoms with Crippen molar-refractivity contribution in [1.82, 2.24) is 19.8 Å². The summed E-state index contributed by atoms with van der Waals surface area (Å²) in [5, 5.41) is 0. The number of amides is 1. The standard InChI is InChI=1S/C32H40F3N5O4S/c1-6-44-28-20-27(29-22(4)9-7-10-23(29)5)36-31(37-28)38-45(42,43)26-12-8-11-24(19-26)30(41)40(18-15-32(33,34)35)25-13-16-39(17-14-25)21(2)3/h7-12,19-21,25H,6,13-18H2,1-5H3,(H,36,37,38). The summed E-state index contributed by atoms with van der Waals surface area (Å²) in [6, 6.07) is 12.6. The van der Waals surface area contributed by atoms with Gasteiger partial charge in [0.1, 0.15) is 0 Å². The van der Waals surface area contributed by atoms with Crippen molar-refractivity contribution >= 4 is 21.9 Å². The predicted molar refractivity (Wildman–Crippen MR) is 167 cm³/mol. The summed E-state index contributed by atoms with van der Waals surface area (Å²) in [6.45, 7) is 10.8. The molecule has 13 heteroatoms. The van der Waals surface area contributed by atoms with Gasteiger partial charge in [0.05, 0.1) is 23.6 Å². The molecule has 2 heterocycles. The fourth-order valence-corrected chi connectivity index (χ4v) is 6.58. The van der Waals surface area contributed by atoms with Crippen LogP contribution in [0.15, 0.2) is 53.4 Å². The summed E-state index contributed by atoms with van der Waals surface area (Å²) in [5.74, 6) is -0.694. The maximum absolute atomic E-state index is 13.7. The molecule has 2 aromatic carbocycles. The maximum Gasteiger partial charge on any atom is 0.390 e. The fraction of sp³-hybridized carbons (Fsp3) is 0.469. The number of carbonyl (C=O) groups is 1. The molecule has 1 saturated heterocycles. The minimum absolute atomic E-state index is 0.0217. The van der Waals surface area contributed by atoms with E-state index in [-0.39, 0.29) is 28.3 Å². The van der Waals surface area contributed by atoms with Gasteiger partial charge in [-0.15, -0.1) is 0 Å². The molecule has 1 aliphatic heterocycles. The number of benzene rings is 2. The van der Waals surface area contributed by atoms with E-state index in [0.717, 1.165) is 16.7 Å². The molecular formula is C32H40F3N5O4S. The van der Waals surface area contributed by atoms with Crippen LogP contribution in [-0.4, -0.2) is 78.6 Å². The summed E-state index contributed by atoms with van der Waals surface area (Å²) in [4.78, 5) is 25.6. The summed E-state index contributed by atoms with van der Waals surface area (Å²) in [7, 11) is -4.31. The lowest BCUT2D eigenvalue weighted by atomic mass is 10.00. The number of ether oxygens (including phenoxy) is 1. The first-order valence-corrected chi connectivity index (χ1v) is 16.5. The molecule has 1 N–H and O–H groups in total. The number of nitrogens with zero attached hydrogens (tertiary/aromatic N) is 4. The SMILES string of the molecule is CCOc1cc(-c2c(C)cccc2C)nc(NS(=O)(=O)c2cccc(C(=O)N(CCC(F)(F)F)C3CCN(C(C)C)CC3)c2)n1. The van der Waals surface area contributed by atoms with Gasteiger partial charge in [-0.2, -0.15) is 18.2 Å². The highest BCUT2D eigenvalue weighted by atomic mass is 32.2. The molecule has 0 aliphatic carbocycles. The van der Waals surface area contributed by atoms with E-state index in [0.29, 0.717) is 38.2 Å². The highest BCUT2D eigenvalue weighted by molar-refractivity contribution is 7.92. The first-order valence-electron chi connectivity index (χ1n) is 15.0. The summed E-state index contributed by atoms with van der Waals surface area (Å²) in [6.07, 6.45) is -4.55. The van der Waals surface area contributed by atoms with Gasteiger partial charge >= 0.3 is 6.18 Å². The normalized spacial score (nSPS) is 14.9. The fourth-order valence-electron chi connectivity index (χ4n) is 5.59. The van der Waals surface area contributed by atoms with Crippen molar-refractivity contribution in [2.24, 2.45) is 0 Å². The van der Waals surface area contributed by atoms with Crippen LogP contribution in [0.5, 0.6) is 5.88 Å². The maximum atomic E-state index is 13.7. The van der Waals surface area contributed by atoms with E-state index in [1.165, 1.54) is 29.2 Å². The molecule has 3 aromatic rings. The number of sulfonamides is 1. The van der Waals surface area contributed by atoms with Gasteiger partial charge in [0.15, 0.2) is 0 Å². The lowest BCUT2D eigenvalue weighted by molar-refractivity contribution is -0.137. The molecule has 0 radical (unpaired) electrons. The minimum Gasteiger partial charge on any atom is -0.478 e. The van der Waals surface area contributed by atoms with E-state index in [4.69, 9.17) is 4.74 Å². The molecule has 4 rings (SSSR count). The number of carbonyl (C=O) groups excluding carboxylic acids is 1. The number of halogens is 3. The average molecular weight is 648 g/mol. The lowest BCUT2D eigenvalue weighted by Gasteiger charge is -2.40. The molecular weight excluding hydrogens is 607 g/mol. The summed E-state index contributed by atoms with van der Waals surface area (Å²) < 4.78 is 74.8. The largest absolute Gasteiger partial charge is 0.478 e. The van der Waals surface area contributed by atoms with Gasteiger partial charge in [0.2, 0.25) is 11.8 Å². The van der Waals surface area contributed by atoms with Crippen LogP contribution in [0, 0.1) is 13.8 Å². The number of anilines is 1. The highest BCUT2D eigenvalue weighted by Crippen LogP contribution is 2.30. The Hall–Kier alpha value is -3.71. The molecule has 0 atom stereocenters. The number of nitrogens with one attached hydrogen (secondary N) is 1. The Morgan fingerprint density at radius 3 is 2.31 bits per heavy atom. The van der Waals surface area contributed by atoms with Crippen LogP contribution < -0.4 is 9.46 Å². The van der Waals surface area contributed by atoms with E-state index in [1.54, 1.807) is 13.0 Å². The number of likely N-dealkylation sites (tertiary alicyclic amines) is 1. The van der Waals surface area contributed by atoms with Crippen LogP contribution in [0.1, 0.15) is 61.5 Å². The van der Waals surface area contributed by atoms with Gasteiger partial charge in [-0.05, 0) is 76.8 Å². The van der Waals surface area contributed by atoms with E-state index in [9.17, 15) is 26.4 Å². The van der Waals surface area contributed by atoms with Gasteiger partial charge < -0.3 is 14.5 Å². The number of hydrogen-bond donors (Lipinski definition) is 1. The summed E-state index contributed by atoms with van der Waals surface area (Å²) in [5.41, 5.74) is 3.12. The van der Waals surface area contributed by atoms with E-state index >= 15 is 0 Å². The molecule has 9 nitrogen and oxygen atoms in total. The zero-order valence-corrected chi connectivity index (χ0v) is 27.0. The van der Waals surface area contributed by atoms with E-state index in [1.807, 2.05) is 32.0 Å². The van der Waals surface area contributed by atoms with Gasteiger partial charge in [0.25, 0.3) is 15.9 Å². The average Bonchev–Trinajstić information content (AvgIpc) is 2.97. The number of rotatable bonds is 11. The van der Waals surface area contributed by atoms with Crippen LogP contribution in [0.25, 0.3) is 11.3 Å². The molecule has 0 spiro atoms. The monoisotopic (exact) mass is 647 g/mol. The zero-order valence-electron chi connectivity index (χ0n) is 26.2. The lowest BCUT2D eigenvalue weighted by Crippen LogP contribution is -2.49. The molecule has 45 heavy (non-hydrogen) atoms. The molecule has 1 amide bonds. The van der Waals surface area contributed by atoms with Crippen LogP contribution in [-0.2, 0) is 10.0 Å². The number of aryl methyl sites for hydroxylation is 2. The highest BCUT2D eigenvalue weighted by Gasteiger charge is 2.34. The smallest absolute Gasteiger partial charge is 0.390 e. The Morgan fingerprint density at radius 1 is 1.07 bits per heavy atom. The van der Waals surface area contributed by atoms with Gasteiger partial charge in [-0.1, -0.05) is 24.3 Å². The number of alkyl halides is 3. The molecule has 0 saturated carbocycles. The second-order valence-corrected chi connectivity index (χ2v) is 13.2. The van der Waals surface area contributed by atoms with E-state index < -0.39 is 41.1 Å². The molecule has 1 aliphatic rings. The number of aromatic nitrogens is 2. The Kier molecular flexibility index (Phi) is 10.7. The quantitative estimate of drug-likeness (QED) is 0.263. The third-order valence-electron chi connectivity index (χ3n) is 7.92. The Balaban J connectivity index is 1.63. The van der Waals surface area contributed by atoms with Gasteiger partial charge in [0, 0.05) is 48.9 Å². The number of piperidine rings is 1. The Bertz CT molecular complexity index is 1590. The second-order valence-electron chi connectivity index (χ2n) is 11.5. The topological polar surface area (TPSA) is 105 Å². The van der Waals surface area contributed by atoms with Crippen molar-refractivity contribution in [2.75, 3.05) is 31.0 Å². The van der Waals surface area contributed by atoms with Crippen LogP contribution in [0.3, 0.4) is 0 Å². The molecule has 244 valence electrons. The summed E-state index contributed by atoms with van der Waals surface area (Å²) >= 11 is 0. The van der Waals surface area contributed by atoms with Crippen LogP contribution >= 0.6 is 0 Å². The van der Waals surface area contributed by atoms with E-state index in [2.05, 4.69) is 33.4 Å². The Morgan fingerprint density at radius 2 is 1.71 bits per heavy atom. The van der Waals surface area contributed by atoms with Crippen molar-refractivity contribution in [3.05, 3.63) is 65.2 Å². The van der Waals surface area contributed by atoms with Crippen LogP contribution in [0.2, 0.25) is 0 Å². The molecule has 0 bridgehead atoms. The Labute approximate surface area is 262 Å². The molecule has 1 fully saturated rings. The second kappa shape index (κ2) is 14.2. The van der Waals surface area contributed by atoms with Crippen molar-refractivity contribution in [2.45, 2.75) is 77.0 Å². The third kappa shape index (κ3) is 8.72. The minimum atomic E-state index is -4.45. The van der Waals surface area contributed by atoms with Gasteiger partial charge in [-0.3, -0.25) is 4.79 Å². The zero-order chi connectivity index (χ0) is 32.9. The predicted octanol–water partition coefficient (Wildman–Crippen LogP) is 6.23. The number of hydrogen-bond acceptors (Lipinski definition) is 7. The third-order valence-corrected chi connectivity index (χ3v) is 9.24. The van der Waals surface area contributed by atoms with Crippen molar-refractivity contribution in [3.8, 4) is 17.1 Å². The molecule has 0 unspecified atom stereocenters. The molecule has 1 aromatic heterocycles. The van der Waals surface area contributed by atoms with Crippen molar-refractivity contribution < 1.29 is 31.1 Å².